The quantitative estimate of drug-likeness (QED) is 0.416. The van der Waals surface area contributed by atoms with E-state index in [0.717, 1.165) is 36.7 Å². The standard InChI is InChI=1S/C20H24N4O.HI/c1-15(25)23-19-9-5-6-16(12-19)13-22-20(21-2)24-11-10-17-7-3-4-8-18(17)14-24;/h3-9,12H,10-11,13-14H2,1-2H3,(H,21,22)(H,23,25);1H. The summed E-state index contributed by atoms with van der Waals surface area (Å²) in [5.41, 5.74) is 4.71. The van der Waals surface area contributed by atoms with Gasteiger partial charge in [-0.25, -0.2) is 0 Å². The van der Waals surface area contributed by atoms with Gasteiger partial charge in [-0.2, -0.15) is 0 Å². The van der Waals surface area contributed by atoms with Crippen molar-refractivity contribution in [3.05, 3.63) is 65.2 Å². The van der Waals surface area contributed by atoms with E-state index in [9.17, 15) is 4.79 Å². The van der Waals surface area contributed by atoms with Crippen molar-refractivity contribution in [3.63, 3.8) is 0 Å². The number of nitrogens with zero attached hydrogens (tertiary/aromatic N) is 2. The number of nitrogens with one attached hydrogen (secondary N) is 2. The average molecular weight is 464 g/mol. The number of rotatable bonds is 3. The van der Waals surface area contributed by atoms with Crippen molar-refractivity contribution in [1.29, 1.82) is 0 Å². The molecule has 0 fully saturated rings. The van der Waals surface area contributed by atoms with Gasteiger partial charge in [-0.05, 0) is 35.2 Å². The van der Waals surface area contributed by atoms with Gasteiger partial charge >= 0.3 is 0 Å². The van der Waals surface area contributed by atoms with Gasteiger partial charge in [-0.15, -0.1) is 24.0 Å². The second-order valence-electron chi connectivity index (χ2n) is 6.22. The molecule has 0 aromatic heterocycles. The first-order valence-corrected chi connectivity index (χ1v) is 8.54. The van der Waals surface area contributed by atoms with Crippen molar-refractivity contribution in [2.45, 2.75) is 26.4 Å². The summed E-state index contributed by atoms with van der Waals surface area (Å²) in [7, 11) is 1.82. The van der Waals surface area contributed by atoms with Gasteiger partial charge in [-0.3, -0.25) is 9.79 Å². The molecule has 26 heavy (non-hydrogen) atoms. The van der Waals surface area contributed by atoms with Crippen LogP contribution in [0.5, 0.6) is 0 Å². The Balaban J connectivity index is 0.00000243. The minimum absolute atomic E-state index is 0. The predicted molar refractivity (Wildman–Crippen MR) is 117 cm³/mol. The van der Waals surface area contributed by atoms with E-state index in [1.165, 1.54) is 18.1 Å². The highest BCUT2D eigenvalue weighted by molar-refractivity contribution is 14.0. The molecule has 138 valence electrons. The molecule has 1 aliphatic heterocycles. The Labute approximate surface area is 171 Å². The summed E-state index contributed by atoms with van der Waals surface area (Å²) in [4.78, 5) is 17.9. The van der Waals surface area contributed by atoms with Gasteiger partial charge in [-0.1, -0.05) is 36.4 Å². The van der Waals surface area contributed by atoms with Crippen LogP contribution in [0.3, 0.4) is 0 Å². The number of amides is 1. The van der Waals surface area contributed by atoms with Crippen LogP contribution in [-0.4, -0.2) is 30.4 Å². The fourth-order valence-corrected chi connectivity index (χ4v) is 3.15. The number of carbonyl (C=O) groups is 1. The van der Waals surface area contributed by atoms with Crippen molar-refractivity contribution >= 4 is 41.5 Å². The molecule has 0 radical (unpaired) electrons. The van der Waals surface area contributed by atoms with Crippen LogP contribution in [0.2, 0.25) is 0 Å². The maximum atomic E-state index is 11.2. The van der Waals surface area contributed by atoms with Crippen LogP contribution in [-0.2, 0) is 24.3 Å². The van der Waals surface area contributed by atoms with Gasteiger partial charge in [0.05, 0.1) is 0 Å². The van der Waals surface area contributed by atoms with Crippen molar-refractivity contribution in [3.8, 4) is 0 Å². The summed E-state index contributed by atoms with van der Waals surface area (Å²) in [6, 6.07) is 16.4. The van der Waals surface area contributed by atoms with Crippen LogP contribution in [0.4, 0.5) is 5.69 Å². The van der Waals surface area contributed by atoms with Gasteiger partial charge in [0, 0.05) is 39.3 Å². The van der Waals surface area contributed by atoms with Crippen LogP contribution in [0, 0.1) is 0 Å². The summed E-state index contributed by atoms with van der Waals surface area (Å²) in [5.74, 6) is 0.840. The zero-order valence-electron chi connectivity index (χ0n) is 15.2. The number of halogens is 1. The van der Waals surface area contributed by atoms with Crippen LogP contribution in [0.15, 0.2) is 53.5 Å². The Bertz CT molecular complexity index is 791. The fourth-order valence-electron chi connectivity index (χ4n) is 3.15. The van der Waals surface area contributed by atoms with E-state index in [1.54, 1.807) is 0 Å². The highest BCUT2D eigenvalue weighted by Crippen LogP contribution is 2.18. The Morgan fingerprint density at radius 3 is 2.65 bits per heavy atom. The first-order valence-electron chi connectivity index (χ1n) is 8.54. The molecule has 1 heterocycles. The minimum atomic E-state index is -0.0621. The Morgan fingerprint density at radius 2 is 1.92 bits per heavy atom. The smallest absolute Gasteiger partial charge is 0.221 e. The first-order chi connectivity index (χ1) is 12.2. The average Bonchev–Trinajstić information content (AvgIpc) is 2.62. The molecule has 2 aromatic carbocycles. The molecule has 0 saturated heterocycles. The van der Waals surface area contributed by atoms with E-state index < -0.39 is 0 Å². The maximum Gasteiger partial charge on any atom is 0.221 e. The lowest BCUT2D eigenvalue weighted by molar-refractivity contribution is -0.114. The number of benzene rings is 2. The molecular formula is C20H25IN4O. The lowest BCUT2D eigenvalue weighted by Crippen LogP contribution is -2.43. The highest BCUT2D eigenvalue weighted by atomic mass is 127. The number of carbonyl (C=O) groups excluding carboxylic acids is 1. The molecular weight excluding hydrogens is 439 g/mol. The highest BCUT2D eigenvalue weighted by Gasteiger charge is 2.18. The molecule has 0 spiro atoms. The third-order valence-electron chi connectivity index (χ3n) is 4.34. The SMILES string of the molecule is CN=C(NCc1cccc(NC(C)=O)c1)N1CCc2ccccc2C1.I. The zero-order valence-corrected chi connectivity index (χ0v) is 17.5. The number of fused-ring (bicyclic) bond motifs is 1. The third-order valence-corrected chi connectivity index (χ3v) is 4.34. The van der Waals surface area contributed by atoms with Crippen molar-refractivity contribution < 1.29 is 4.79 Å². The number of guanidine groups is 1. The van der Waals surface area contributed by atoms with Crippen LogP contribution < -0.4 is 10.6 Å². The summed E-state index contributed by atoms with van der Waals surface area (Å²) in [6.07, 6.45) is 1.04. The second kappa shape index (κ2) is 9.56. The van der Waals surface area contributed by atoms with Gasteiger partial charge in [0.1, 0.15) is 0 Å². The maximum absolute atomic E-state index is 11.2. The van der Waals surface area contributed by atoms with E-state index in [0.29, 0.717) is 6.54 Å². The zero-order chi connectivity index (χ0) is 17.6. The van der Waals surface area contributed by atoms with E-state index in [-0.39, 0.29) is 29.9 Å². The molecule has 5 nitrogen and oxygen atoms in total. The van der Waals surface area contributed by atoms with E-state index in [1.807, 2.05) is 31.3 Å². The molecule has 0 unspecified atom stereocenters. The molecule has 2 N–H and O–H groups in total. The lowest BCUT2D eigenvalue weighted by atomic mass is 10.0. The van der Waals surface area contributed by atoms with E-state index in [4.69, 9.17) is 0 Å². The summed E-state index contributed by atoms with van der Waals surface area (Å²) < 4.78 is 0. The third kappa shape index (κ3) is 5.20. The van der Waals surface area contributed by atoms with Crippen molar-refractivity contribution in [2.24, 2.45) is 4.99 Å². The number of anilines is 1. The normalized spacial score (nSPS) is 13.5. The van der Waals surface area contributed by atoms with E-state index >= 15 is 0 Å². The number of hydrogen-bond acceptors (Lipinski definition) is 2. The molecule has 0 atom stereocenters. The molecule has 0 aliphatic carbocycles. The van der Waals surface area contributed by atoms with Crippen LogP contribution in [0.25, 0.3) is 0 Å². The molecule has 2 aromatic rings. The molecule has 0 saturated carbocycles. The van der Waals surface area contributed by atoms with E-state index in [2.05, 4.69) is 44.8 Å². The minimum Gasteiger partial charge on any atom is -0.352 e. The molecule has 1 amide bonds. The predicted octanol–water partition coefficient (Wildman–Crippen LogP) is 3.40. The monoisotopic (exact) mass is 464 g/mol. The van der Waals surface area contributed by atoms with Gasteiger partial charge < -0.3 is 15.5 Å². The Kier molecular flexibility index (Phi) is 7.44. The van der Waals surface area contributed by atoms with Crippen LogP contribution >= 0.6 is 24.0 Å². The van der Waals surface area contributed by atoms with Gasteiger partial charge in [0.15, 0.2) is 5.96 Å². The van der Waals surface area contributed by atoms with Gasteiger partial charge in [0.25, 0.3) is 0 Å². The molecule has 3 rings (SSSR count). The Hall–Kier alpha value is -2.09. The lowest BCUT2D eigenvalue weighted by Gasteiger charge is -2.31. The topological polar surface area (TPSA) is 56.7 Å². The number of aliphatic imine (C=N–C) groups is 1. The van der Waals surface area contributed by atoms with Crippen LogP contribution in [0.1, 0.15) is 23.6 Å². The molecule has 1 aliphatic rings. The molecule has 0 bridgehead atoms. The first kappa shape index (κ1) is 20.2. The van der Waals surface area contributed by atoms with Gasteiger partial charge in [0.2, 0.25) is 5.91 Å². The largest absolute Gasteiger partial charge is 0.352 e. The molecule has 6 heteroatoms. The summed E-state index contributed by atoms with van der Waals surface area (Å²) >= 11 is 0. The second-order valence-corrected chi connectivity index (χ2v) is 6.22. The van der Waals surface area contributed by atoms with Crippen molar-refractivity contribution in [1.82, 2.24) is 10.2 Å². The summed E-state index contributed by atoms with van der Waals surface area (Å²) in [6.45, 7) is 4.02. The van der Waals surface area contributed by atoms with Crippen molar-refractivity contribution in [2.75, 3.05) is 18.9 Å². The number of hydrogen-bond donors (Lipinski definition) is 2. The summed E-state index contributed by atoms with van der Waals surface area (Å²) in [5, 5.41) is 6.24. The fraction of sp³-hybridized carbons (Fsp3) is 0.300. The Morgan fingerprint density at radius 1 is 1.15 bits per heavy atom.